The molecule has 2 aliphatic heterocycles. The fraction of sp³-hybridized carbons (Fsp3) is 1.00. The van der Waals surface area contributed by atoms with Crippen LogP contribution < -0.4 is 5.32 Å². The van der Waals surface area contributed by atoms with Crippen LogP contribution in [0.1, 0.15) is 59.3 Å². The molecule has 20 heavy (non-hydrogen) atoms. The molecular weight excluding hydrogens is 248 g/mol. The van der Waals surface area contributed by atoms with E-state index in [1.807, 2.05) is 0 Å². The van der Waals surface area contributed by atoms with Gasteiger partial charge in [0.15, 0.2) is 0 Å². The zero-order valence-corrected chi connectivity index (χ0v) is 13.7. The van der Waals surface area contributed by atoms with Gasteiger partial charge in [-0.15, -0.1) is 0 Å². The Morgan fingerprint density at radius 2 is 2.10 bits per heavy atom. The summed E-state index contributed by atoms with van der Waals surface area (Å²) < 4.78 is 5.95. The molecule has 0 amide bonds. The minimum Gasteiger partial charge on any atom is -0.378 e. The highest BCUT2D eigenvalue weighted by atomic mass is 16.5. The lowest BCUT2D eigenvalue weighted by atomic mass is 9.93. The molecule has 0 aliphatic carbocycles. The molecule has 0 radical (unpaired) electrons. The molecule has 3 heteroatoms. The van der Waals surface area contributed by atoms with E-state index in [4.69, 9.17) is 4.74 Å². The van der Waals surface area contributed by atoms with E-state index in [9.17, 15) is 0 Å². The molecule has 0 aromatic heterocycles. The first-order valence-corrected chi connectivity index (χ1v) is 8.79. The number of rotatable bonds is 6. The lowest BCUT2D eigenvalue weighted by Gasteiger charge is -2.41. The van der Waals surface area contributed by atoms with Crippen LogP contribution in [0.15, 0.2) is 0 Å². The lowest BCUT2D eigenvalue weighted by Crippen LogP contribution is -2.50. The molecule has 0 spiro atoms. The van der Waals surface area contributed by atoms with E-state index in [0.717, 1.165) is 18.7 Å². The molecule has 0 bridgehead atoms. The Bertz CT molecular complexity index is 264. The van der Waals surface area contributed by atoms with Gasteiger partial charge in [0.1, 0.15) is 0 Å². The Balaban J connectivity index is 1.88. The molecule has 3 atom stereocenters. The van der Waals surface area contributed by atoms with Gasteiger partial charge >= 0.3 is 0 Å². The third kappa shape index (κ3) is 4.71. The molecule has 3 nitrogen and oxygen atoms in total. The van der Waals surface area contributed by atoms with Crippen molar-refractivity contribution in [2.75, 3.05) is 26.2 Å². The Morgan fingerprint density at radius 3 is 2.75 bits per heavy atom. The van der Waals surface area contributed by atoms with Gasteiger partial charge in [0.2, 0.25) is 0 Å². The summed E-state index contributed by atoms with van der Waals surface area (Å²) in [5.74, 6) is 0.647. The molecule has 2 saturated heterocycles. The Kier molecular flexibility index (Phi) is 6.79. The fourth-order valence-corrected chi connectivity index (χ4v) is 3.68. The summed E-state index contributed by atoms with van der Waals surface area (Å²) in [6.45, 7) is 11.5. The van der Waals surface area contributed by atoms with Crippen LogP contribution in [0.5, 0.6) is 0 Å². The molecule has 0 aromatic rings. The summed E-state index contributed by atoms with van der Waals surface area (Å²) in [5.41, 5.74) is 0. The SMILES string of the molecule is CCCN(CC1CCCCN1)C1CCOC(C(C)C)C1. The maximum atomic E-state index is 5.95. The molecule has 118 valence electrons. The van der Waals surface area contributed by atoms with Crippen LogP contribution in [0.3, 0.4) is 0 Å². The van der Waals surface area contributed by atoms with E-state index in [1.165, 1.54) is 58.2 Å². The maximum Gasteiger partial charge on any atom is 0.0612 e. The molecule has 2 rings (SSSR count). The average Bonchev–Trinajstić information content (AvgIpc) is 2.48. The molecule has 2 fully saturated rings. The van der Waals surface area contributed by atoms with Gasteiger partial charge in [0.25, 0.3) is 0 Å². The fourth-order valence-electron chi connectivity index (χ4n) is 3.68. The van der Waals surface area contributed by atoms with Crippen LogP contribution in [0.25, 0.3) is 0 Å². The topological polar surface area (TPSA) is 24.5 Å². The average molecular weight is 282 g/mol. The predicted octanol–water partition coefficient (Wildman–Crippen LogP) is 3.04. The van der Waals surface area contributed by atoms with Crippen LogP contribution in [0, 0.1) is 5.92 Å². The van der Waals surface area contributed by atoms with Gasteiger partial charge in [-0.2, -0.15) is 0 Å². The van der Waals surface area contributed by atoms with E-state index >= 15 is 0 Å². The smallest absolute Gasteiger partial charge is 0.0612 e. The van der Waals surface area contributed by atoms with Crippen molar-refractivity contribution in [3.05, 3.63) is 0 Å². The van der Waals surface area contributed by atoms with Crippen LogP contribution >= 0.6 is 0 Å². The Morgan fingerprint density at radius 1 is 1.25 bits per heavy atom. The van der Waals surface area contributed by atoms with Crippen LogP contribution in [0.4, 0.5) is 0 Å². The largest absolute Gasteiger partial charge is 0.378 e. The highest BCUT2D eigenvalue weighted by Crippen LogP contribution is 2.25. The number of piperidine rings is 1. The monoisotopic (exact) mass is 282 g/mol. The second-order valence-electron chi connectivity index (χ2n) is 6.97. The van der Waals surface area contributed by atoms with Crippen LogP contribution in [0.2, 0.25) is 0 Å². The molecule has 0 saturated carbocycles. The predicted molar refractivity (Wildman–Crippen MR) is 85.1 cm³/mol. The minimum atomic E-state index is 0.465. The second-order valence-corrected chi connectivity index (χ2v) is 6.97. The van der Waals surface area contributed by atoms with Crippen molar-refractivity contribution in [1.82, 2.24) is 10.2 Å². The molecule has 3 unspecified atom stereocenters. The standard InChI is InChI=1S/C17H34N2O/c1-4-10-19(13-15-7-5-6-9-18-15)16-8-11-20-17(12-16)14(2)3/h14-18H,4-13H2,1-3H3. The summed E-state index contributed by atoms with van der Waals surface area (Å²) >= 11 is 0. The van der Waals surface area contributed by atoms with Crippen LogP contribution in [-0.2, 0) is 4.74 Å². The van der Waals surface area contributed by atoms with Gasteiger partial charge < -0.3 is 10.1 Å². The zero-order valence-electron chi connectivity index (χ0n) is 13.7. The van der Waals surface area contributed by atoms with Gasteiger partial charge in [-0.05, 0) is 51.1 Å². The molecule has 2 heterocycles. The van der Waals surface area contributed by atoms with Crippen molar-refractivity contribution in [1.29, 1.82) is 0 Å². The van der Waals surface area contributed by atoms with Gasteiger partial charge in [-0.3, -0.25) is 4.90 Å². The van der Waals surface area contributed by atoms with E-state index < -0.39 is 0 Å². The molecule has 1 N–H and O–H groups in total. The normalized spacial score (nSPS) is 31.9. The summed E-state index contributed by atoms with van der Waals surface area (Å²) in [6, 6.07) is 1.45. The third-order valence-electron chi connectivity index (χ3n) is 4.93. The van der Waals surface area contributed by atoms with Crippen molar-refractivity contribution in [2.45, 2.75) is 77.5 Å². The molecule has 2 aliphatic rings. The van der Waals surface area contributed by atoms with Crippen molar-refractivity contribution in [3.63, 3.8) is 0 Å². The Labute approximate surface area is 125 Å². The van der Waals surface area contributed by atoms with Crippen molar-refractivity contribution in [3.8, 4) is 0 Å². The number of ether oxygens (including phenoxy) is 1. The Hall–Kier alpha value is -0.120. The van der Waals surface area contributed by atoms with E-state index in [2.05, 4.69) is 31.0 Å². The summed E-state index contributed by atoms with van der Waals surface area (Å²) in [7, 11) is 0. The van der Waals surface area contributed by atoms with Gasteiger partial charge in [-0.25, -0.2) is 0 Å². The van der Waals surface area contributed by atoms with E-state index in [0.29, 0.717) is 12.0 Å². The summed E-state index contributed by atoms with van der Waals surface area (Å²) in [6.07, 6.45) is 8.29. The molecule has 0 aromatic carbocycles. The first-order valence-electron chi connectivity index (χ1n) is 8.79. The second kappa shape index (κ2) is 8.35. The van der Waals surface area contributed by atoms with Gasteiger partial charge in [0.05, 0.1) is 6.10 Å². The minimum absolute atomic E-state index is 0.465. The number of hydrogen-bond donors (Lipinski definition) is 1. The van der Waals surface area contributed by atoms with E-state index in [1.54, 1.807) is 0 Å². The van der Waals surface area contributed by atoms with Crippen molar-refractivity contribution >= 4 is 0 Å². The summed E-state index contributed by atoms with van der Waals surface area (Å²) in [4.78, 5) is 2.75. The highest BCUT2D eigenvalue weighted by Gasteiger charge is 2.30. The first-order chi connectivity index (χ1) is 9.70. The summed E-state index contributed by atoms with van der Waals surface area (Å²) in [5, 5.41) is 3.71. The first kappa shape index (κ1) is 16.3. The van der Waals surface area contributed by atoms with E-state index in [-0.39, 0.29) is 0 Å². The quantitative estimate of drug-likeness (QED) is 0.810. The van der Waals surface area contributed by atoms with Crippen molar-refractivity contribution in [2.24, 2.45) is 5.92 Å². The zero-order chi connectivity index (χ0) is 14.4. The number of nitrogens with one attached hydrogen (secondary N) is 1. The number of nitrogens with zero attached hydrogens (tertiary/aromatic N) is 1. The highest BCUT2D eigenvalue weighted by molar-refractivity contribution is 4.84. The number of hydrogen-bond acceptors (Lipinski definition) is 3. The van der Waals surface area contributed by atoms with Gasteiger partial charge in [-0.1, -0.05) is 27.2 Å². The van der Waals surface area contributed by atoms with Gasteiger partial charge in [0, 0.05) is 25.2 Å². The maximum absolute atomic E-state index is 5.95. The van der Waals surface area contributed by atoms with Crippen molar-refractivity contribution < 1.29 is 4.74 Å². The third-order valence-corrected chi connectivity index (χ3v) is 4.93. The van der Waals surface area contributed by atoms with Crippen LogP contribution in [-0.4, -0.2) is 49.3 Å². The lowest BCUT2D eigenvalue weighted by molar-refractivity contribution is -0.0500. The molecular formula is C17H34N2O.